The molecule has 2 aromatic heterocycles. The predicted molar refractivity (Wildman–Crippen MR) is 94.6 cm³/mol. The van der Waals surface area contributed by atoms with E-state index in [0.29, 0.717) is 17.3 Å². The number of anilines is 3. The number of ether oxygens (including phenoxy) is 1. The van der Waals surface area contributed by atoms with Crippen LogP contribution >= 0.6 is 0 Å². The van der Waals surface area contributed by atoms with E-state index >= 15 is 0 Å². The van der Waals surface area contributed by atoms with Gasteiger partial charge in [-0.05, 0) is 24.3 Å². The number of H-pyrrole nitrogens is 1. The highest BCUT2D eigenvalue weighted by Crippen LogP contribution is 2.35. The third kappa shape index (κ3) is 2.83. The molecule has 2 aromatic carbocycles. The number of aromatic nitrogens is 4. The number of nitrogens with zero attached hydrogens (tertiary/aromatic N) is 4. The molecule has 0 radical (unpaired) electrons. The number of benzene rings is 2. The lowest BCUT2D eigenvalue weighted by Crippen LogP contribution is -2.13. The smallest absolute Gasteiger partial charge is 0.236 e. The van der Waals surface area contributed by atoms with Crippen LogP contribution in [0, 0.1) is 0 Å². The first-order valence-electron chi connectivity index (χ1n) is 7.64. The summed E-state index contributed by atoms with van der Waals surface area (Å²) in [6, 6.07) is 14.5. The van der Waals surface area contributed by atoms with Crippen molar-refractivity contribution < 1.29 is 9.84 Å². The Morgan fingerprint density at radius 1 is 1.04 bits per heavy atom. The van der Waals surface area contributed by atoms with Gasteiger partial charge in [0.15, 0.2) is 5.65 Å². The molecule has 0 fully saturated rings. The van der Waals surface area contributed by atoms with Gasteiger partial charge in [0.25, 0.3) is 0 Å². The van der Waals surface area contributed by atoms with Crippen LogP contribution in [0.1, 0.15) is 0 Å². The maximum absolute atomic E-state index is 9.89. The van der Waals surface area contributed by atoms with Crippen LogP contribution in [-0.2, 0) is 0 Å². The van der Waals surface area contributed by atoms with Crippen molar-refractivity contribution in [2.45, 2.75) is 0 Å². The van der Waals surface area contributed by atoms with Crippen LogP contribution < -0.4 is 9.64 Å². The molecule has 4 aromatic rings. The molecule has 0 saturated heterocycles. The fourth-order valence-electron chi connectivity index (χ4n) is 2.60. The van der Waals surface area contributed by atoms with Crippen molar-refractivity contribution in [1.82, 2.24) is 20.2 Å². The molecule has 0 aliphatic rings. The van der Waals surface area contributed by atoms with Gasteiger partial charge in [-0.3, -0.25) is 10.00 Å². The molecule has 7 nitrogen and oxygen atoms in total. The number of rotatable bonds is 4. The van der Waals surface area contributed by atoms with Crippen molar-refractivity contribution in [2.24, 2.45) is 0 Å². The molecular weight excluding hydrogens is 318 g/mol. The van der Waals surface area contributed by atoms with E-state index in [1.807, 2.05) is 35.2 Å². The fraction of sp³-hybridized carbons (Fsp3) is 0.0556. The van der Waals surface area contributed by atoms with Crippen molar-refractivity contribution in [3.05, 3.63) is 60.9 Å². The van der Waals surface area contributed by atoms with Crippen molar-refractivity contribution in [2.75, 3.05) is 12.0 Å². The van der Waals surface area contributed by atoms with Gasteiger partial charge in [0.05, 0.1) is 30.1 Å². The number of fused-ring (bicyclic) bond motifs is 1. The van der Waals surface area contributed by atoms with Gasteiger partial charge in [0.1, 0.15) is 11.5 Å². The molecule has 2 heterocycles. The summed E-state index contributed by atoms with van der Waals surface area (Å²) in [6.45, 7) is 0. The summed E-state index contributed by atoms with van der Waals surface area (Å²) in [4.78, 5) is 10.8. The summed E-state index contributed by atoms with van der Waals surface area (Å²) in [5, 5.41) is 17.5. The standard InChI is InChI=1S/C18H15N5O2/c1-25-16-7-3-5-14(9-16)23(13-4-2-6-15(24)8-13)18-19-10-12-11-20-22-17(12)21-18/h2-11,24H,1H3,(H,19,20,21,22). The summed E-state index contributed by atoms with van der Waals surface area (Å²) >= 11 is 0. The topological polar surface area (TPSA) is 87.2 Å². The Hall–Kier alpha value is -3.61. The van der Waals surface area contributed by atoms with Crippen LogP contribution in [0.15, 0.2) is 60.9 Å². The Labute approximate surface area is 143 Å². The second kappa shape index (κ2) is 6.12. The minimum atomic E-state index is 0.160. The van der Waals surface area contributed by atoms with Gasteiger partial charge in [-0.15, -0.1) is 0 Å². The molecule has 0 amide bonds. The number of hydrogen-bond donors (Lipinski definition) is 2. The van der Waals surface area contributed by atoms with Gasteiger partial charge < -0.3 is 9.84 Å². The largest absolute Gasteiger partial charge is 0.508 e. The summed E-state index contributed by atoms with van der Waals surface area (Å²) in [6.07, 6.45) is 3.38. The maximum Gasteiger partial charge on any atom is 0.236 e. The van der Waals surface area contributed by atoms with Gasteiger partial charge in [0, 0.05) is 18.3 Å². The van der Waals surface area contributed by atoms with Gasteiger partial charge in [-0.1, -0.05) is 12.1 Å². The van der Waals surface area contributed by atoms with Crippen molar-refractivity contribution in [1.29, 1.82) is 0 Å². The van der Waals surface area contributed by atoms with Crippen LogP contribution in [0.4, 0.5) is 17.3 Å². The highest BCUT2D eigenvalue weighted by atomic mass is 16.5. The molecule has 7 heteroatoms. The monoisotopic (exact) mass is 333 g/mol. The van der Waals surface area contributed by atoms with Gasteiger partial charge in [-0.2, -0.15) is 10.1 Å². The highest BCUT2D eigenvalue weighted by molar-refractivity contribution is 5.79. The molecule has 25 heavy (non-hydrogen) atoms. The number of phenols is 1. The Morgan fingerprint density at radius 3 is 2.64 bits per heavy atom. The molecule has 0 saturated carbocycles. The van der Waals surface area contributed by atoms with E-state index in [9.17, 15) is 5.11 Å². The molecule has 4 rings (SSSR count). The summed E-state index contributed by atoms with van der Waals surface area (Å²) in [5.74, 6) is 1.33. The first-order valence-corrected chi connectivity index (χ1v) is 7.64. The number of nitrogens with one attached hydrogen (secondary N) is 1. The van der Waals surface area contributed by atoms with Gasteiger partial charge in [-0.25, -0.2) is 4.98 Å². The maximum atomic E-state index is 9.89. The van der Waals surface area contributed by atoms with Crippen LogP contribution in [0.5, 0.6) is 11.5 Å². The van der Waals surface area contributed by atoms with E-state index in [4.69, 9.17) is 4.74 Å². The lowest BCUT2D eigenvalue weighted by atomic mass is 10.2. The van der Waals surface area contributed by atoms with Crippen molar-refractivity contribution in [3.63, 3.8) is 0 Å². The molecule has 0 aliphatic heterocycles. The van der Waals surface area contributed by atoms with Crippen LogP contribution in [0.2, 0.25) is 0 Å². The molecule has 0 unspecified atom stereocenters. The van der Waals surface area contributed by atoms with Crippen molar-refractivity contribution >= 4 is 28.4 Å². The molecular formula is C18H15N5O2. The molecule has 0 bridgehead atoms. The van der Waals surface area contributed by atoms with Crippen LogP contribution in [-0.4, -0.2) is 32.4 Å². The van der Waals surface area contributed by atoms with Gasteiger partial charge >= 0.3 is 0 Å². The fourth-order valence-corrected chi connectivity index (χ4v) is 2.60. The molecule has 124 valence electrons. The zero-order chi connectivity index (χ0) is 17.2. The van der Waals surface area contributed by atoms with Crippen LogP contribution in [0.25, 0.3) is 11.0 Å². The molecule has 0 spiro atoms. The first kappa shape index (κ1) is 14.9. The van der Waals surface area contributed by atoms with E-state index in [1.165, 1.54) is 0 Å². The molecule has 0 aliphatic carbocycles. The summed E-state index contributed by atoms with van der Waals surface area (Å²) in [7, 11) is 1.62. The minimum Gasteiger partial charge on any atom is -0.508 e. The second-order valence-corrected chi connectivity index (χ2v) is 5.40. The molecule has 2 N–H and O–H groups in total. The number of methoxy groups -OCH3 is 1. The number of hydrogen-bond acceptors (Lipinski definition) is 6. The Balaban J connectivity index is 1.90. The van der Waals surface area contributed by atoms with Crippen LogP contribution in [0.3, 0.4) is 0 Å². The number of phenolic OH excluding ortho intramolecular Hbond substituents is 1. The van der Waals surface area contributed by atoms with E-state index in [1.54, 1.807) is 37.7 Å². The van der Waals surface area contributed by atoms with Crippen molar-refractivity contribution in [3.8, 4) is 11.5 Å². The zero-order valence-electron chi connectivity index (χ0n) is 13.4. The quantitative estimate of drug-likeness (QED) is 0.594. The molecule has 0 atom stereocenters. The first-order chi connectivity index (χ1) is 12.2. The van der Waals surface area contributed by atoms with E-state index in [2.05, 4.69) is 20.2 Å². The second-order valence-electron chi connectivity index (χ2n) is 5.40. The average molecular weight is 333 g/mol. The van der Waals surface area contributed by atoms with E-state index in [-0.39, 0.29) is 5.75 Å². The number of aromatic hydroxyl groups is 1. The normalized spacial score (nSPS) is 10.8. The lowest BCUT2D eigenvalue weighted by Gasteiger charge is -2.23. The third-order valence-corrected chi connectivity index (χ3v) is 3.78. The lowest BCUT2D eigenvalue weighted by molar-refractivity contribution is 0.415. The predicted octanol–water partition coefficient (Wildman–Crippen LogP) is 3.54. The number of aromatic amines is 1. The average Bonchev–Trinajstić information content (AvgIpc) is 3.10. The third-order valence-electron chi connectivity index (χ3n) is 3.78. The zero-order valence-corrected chi connectivity index (χ0v) is 13.4. The Bertz CT molecular complexity index is 1030. The minimum absolute atomic E-state index is 0.160. The summed E-state index contributed by atoms with van der Waals surface area (Å²) < 4.78 is 5.33. The Morgan fingerprint density at radius 2 is 1.84 bits per heavy atom. The van der Waals surface area contributed by atoms with E-state index in [0.717, 1.165) is 16.8 Å². The summed E-state index contributed by atoms with van der Waals surface area (Å²) in [5.41, 5.74) is 2.17. The van der Waals surface area contributed by atoms with E-state index < -0.39 is 0 Å². The van der Waals surface area contributed by atoms with Gasteiger partial charge in [0.2, 0.25) is 5.95 Å². The Kier molecular flexibility index (Phi) is 3.66. The highest BCUT2D eigenvalue weighted by Gasteiger charge is 2.17. The SMILES string of the molecule is COc1cccc(N(c2cccc(O)c2)c2ncc3cn[nH]c3n2)c1.